The Hall–Kier alpha value is -2.33. The highest BCUT2D eigenvalue weighted by Gasteiger charge is 2.18. The van der Waals surface area contributed by atoms with Gasteiger partial charge in [-0.2, -0.15) is 0 Å². The number of carbonyl (C=O) groups excluding carboxylic acids is 1. The number of hydrogen-bond acceptors (Lipinski definition) is 4. The van der Waals surface area contributed by atoms with Gasteiger partial charge in [0.15, 0.2) is 0 Å². The molecule has 3 rings (SSSR count). The van der Waals surface area contributed by atoms with Crippen LogP contribution in [0.4, 0.5) is 0 Å². The van der Waals surface area contributed by atoms with E-state index in [2.05, 4.69) is 0 Å². The number of rotatable bonds is 6. The Morgan fingerprint density at radius 2 is 1.79 bits per heavy atom. The minimum atomic E-state index is -0.371. The van der Waals surface area contributed by atoms with Crippen LogP contribution in [0.5, 0.6) is 0 Å². The Morgan fingerprint density at radius 1 is 1.08 bits per heavy atom. The zero-order valence-electron chi connectivity index (χ0n) is 13.4. The quantitative estimate of drug-likeness (QED) is 0.469. The lowest BCUT2D eigenvalue weighted by Crippen LogP contribution is -2.05. The molecule has 0 bridgehead atoms. The van der Waals surface area contributed by atoms with Crippen molar-refractivity contribution >= 4 is 28.5 Å². The van der Waals surface area contributed by atoms with Gasteiger partial charge in [0.05, 0.1) is 0 Å². The SMILES string of the molecule is CCC(=O)C[C@@H](Sc1cc(=O)oc2ccccc12)c1ccccc1. The summed E-state index contributed by atoms with van der Waals surface area (Å²) in [6.45, 7) is 1.88. The molecule has 0 unspecified atom stereocenters. The molecule has 1 heterocycles. The van der Waals surface area contributed by atoms with Crippen molar-refractivity contribution < 1.29 is 9.21 Å². The van der Waals surface area contributed by atoms with Crippen LogP contribution in [0, 0.1) is 0 Å². The van der Waals surface area contributed by atoms with Gasteiger partial charge in [0, 0.05) is 34.4 Å². The first-order valence-electron chi connectivity index (χ1n) is 7.93. The molecule has 3 aromatic rings. The van der Waals surface area contributed by atoms with Crippen molar-refractivity contribution in [2.24, 2.45) is 0 Å². The molecule has 0 amide bonds. The van der Waals surface area contributed by atoms with Gasteiger partial charge in [-0.25, -0.2) is 4.79 Å². The van der Waals surface area contributed by atoms with Crippen LogP contribution in [0.2, 0.25) is 0 Å². The molecule has 0 aliphatic heterocycles. The van der Waals surface area contributed by atoms with Gasteiger partial charge in [-0.15, -0.1) is 11.8 Å². The van der Waals surface area contributed by atoms with Gasteiger partial charge in [0.1, 0.15) is 11.4 Å². The normalized spacial score (nSPS) is 12.2. The van der Waals surface area contributed by atoms with Crippen molar-refractivity contribution in [2.45, 2.75) is 29.9 Å². The summed E-state index contributed by atoms with van der Waals surface area (Å²) < 4.78 is 5.26. The van der Waals surface area contributed by atoms with Crippen molar-refractivity contribution in [3.63, 3.8) is 0 Å². The van der Waals surface area contributed by atoms with Gasteiger partial charge in [-0.1, -0.05) is 55.5 Å². The van der Waals surface area contributed by atoms with Crippen LogP contribution >= 0.6 is 11.8 Å². The molecule has 4 heteroatoms. The van der Waals surface area contributed by atoms with E-state index in [1.807, 2.05) is 55.5 Å². The lowest BCUT2D eigenvalue weighted by molar-refractivity contribution is -0.118. The molecule has 3 nitrogen and oxygen atoms in total. The van der Waals surface area contributed by atoms with Crippen LogP contribution in [-0.2, 0) is 4.79 Å². The molecule has 24 heavy (non-hydrogen) atoms. The molecule has 0 fully saturated rings. The van der Waals surface area contributed by atoms with E-state index in [4.69, 9.17) is 4.42 Å². The van der Waals surface area contributed by atoms with E-state index < -0.39 is 0 Å². The van der Waals surface area contributed by atoms with Crippen LogP contribution in [0.15, 0.2) is 74.8 Å². The summed E-state index contributed by atoms with van der Waals surface area (Å²) in [4.78, 5) is 24.7. The van der Waals surface area contributed by atoms with Gasteiger partial charge >= 0.3 is 5.63 Å². The summed E-state index contributed by atoms with van der Waals surface area (Å²) in [5.74, 6) is 0.212. The van der Waals surface area contributed by atoms with Crippen molar-refractivity contribution in [1.82, 2.24) is 0 Å². The molecule has 1 aromatic heterocycles. The molecular formula is C20H18O3S. The van der Waals surface area contributed by atoms with E-state index in [9.17, 15) is 9.59 Å². The Balaban J connectivity index is 2.01. The first-order valence-corrected chi connectivity index (χ1v) is 8.81. The van der Waals surface area contributed by atoms with Crippen molar-refractivity contribution in [1.29, 1.82) is 0 Å². The van der Waals surface area contributed by atoms with Crippen molar-refractivity contribution in [2.75, 3.05) is 0 Å². The molecule has 1 atom stereocenters. The summed E-state index contributed by atoms with van der Waals surface area (Å²) in [7, 11) is 0. The summed E-state index contributed by atoms with van der Waals surface area (Å²) >= 11 is 1.55. The number of thioether (sulfide) groups is 1. The second-order valence-corrected chi connectivity index (χ2v) is 6.78. The third-order valence-corrected chi connectivity index (χ3v) is 5.18. The fourth-order valence-corrected chi connectivity index (χ4v) is 3.91. The maximum Gasteiger partial charge on any atom is 0.337 e. The Morgan fingerprint density at radius 3 is 2.54 bits per heavy atom. The molecule has 122 valence electrons. The Labute approximate surface area is 144 Å². The van der Waals surface area contributed by atoms with E-state index in [0.717, 1.165) is 15.8 Å². The maximum absolute atomic E-state index is 12.0. The standard InChI is InChI=1S/C20H18O3S/c1-2-15(21)12-18(14-8-4-3-5-9-14)24-19-13-20(22)23-17-11-7-6-10-16(17)19/h3-11,13,18H,2,12H2,1H3/t18-/m1/s1. The average Bonchev–Trinajstić information content (AvgIpc) is 2.61. The predicted molar refractivity (Wildman–Crippen MR) is 97.4 cm³/mol. The van der Waals surface area contributed by atoms with E-state index in [0.29, 0.717) is 18.4 Å². The molecule has 0 saturated heterocycles. The Bertz CT molecular complexity index is 899. The number of carbonyl (C=O) groups is 1. The fraction of sp³-hybridized carbons (Fsp3) is 0.200. The van der Waals surface area contributed by atoms with Crippen LogP contribution in [0.3, 0.4) is 0 Å². The molecule has 0 spiro atoms. The van der Waals surface area contributed by atoms with Crippen LogP contribution in [-0.4, -0.2) is 5.78 Å². The van der Waals surface area contributed by atoms with Gasteiger partial charge in [-0.05, 0) is 11.6 Å². The lowest BCUT2D eigenvalue weighted by atomic mass is 10.1. The summed E-state index contributed by atoms with van der Waals surface area (Å²) in [6, 6.07) is 18.9. The largest absolute Gasteiger partial charge is 0.423 e. The molecule has 0 radical (unpaired) electrons. The number of Topliss-reactive ketones (excluding diaryl/α,β-unsaturated/α-hetero) is 1. The molecule has 0 N–H and O–H groups in total. The first-order chi connectivity index (χ1) is 11.7. The molecule has 2 aromatic carbocycles. The van der Waals surface area contributed by atoms with Gasteiger partial charge in [-0.3, -0.25) is 4.79 Å². The van der Waals surface area contributed by atoms with E-state index >= 15 is 0 Å². The number of fused-ring (bicyclic) bond motifs is 1. The second kappa shape index (κ2) is 7.49. The van der Waals surface area contributed by atoms with Crippen LogP contribution in [0.1, 0.15) is 30.6 Å². The number of benzene rings is 2. The highest BCUT2D eigenvalue weighted by atomic mass is 32.2. The van der Waals surface area contributed by atoms with Crippen molar-refractivity contribution in [3.05, 3.63) is 76.6 Å². The number of ketones is 1. The second-order valence-electron chi connectivity index (χ2n) is 5.54. The Kier molecular flexibility index (Phi) is 5.16. The zero-order valence-corrected chi connectivity index (χ0v) is 14.2. The first kappa shape index (κ1) is 16.5. The number of para-hydroxylation sites is 1. The molecule has 0 aliphatic carbocycles. The summed E-state index contributed by atoms with van der Waals surface area (Å²) in [6.07, 6.45) is 0.960. The van der Waals surface area contributed by atoms with Crippen LogP contribution in [0.25, 0.3) is 11.0 Å². The zero-order chi connectivity index (χ0) is 16.9. The highest BCUT2D eigenvalue weighted by Crippen LogP contribution is 2.40. The monoisotopic (exact) mass is 338 g/mol. The van der Waals surface area contributed by atoms with E-state index in [1.165, 1.54) is 6.07 Å². The summed E-state index contributed by atoms with van der Waals surface area (Å²) in [5.41, 5.74) is 1.28. The smallest absolute Gasteiger partial charge is 0.337 e. The maximum atomic E-state index is 12.0. The average molecular weight is 338 g/mol. The minimum Gasteiger partial charge on any atom is -0.423 e. The number of hydrogen-bond donors (Lipinski definition) is 0. The molecular weight excluding hydrogens is 320 g/mol. The van der Waals surface area contributed by atoms with Crippen molar-refractivity contribution in [3.8, 4) is 0 Å². The molecule has 0 aliphatic rings. The predicted octanol–water partition coefficient (Wildman–Crippen LogP) is 5.00. The summed E-state index contributed by atoms with van der Waals surface area (Å²) in [5, 5.41) is 0.871. The van der Waals surface area contributed by atoms with Gasteiger partial charge < -0.3 is 4.42 Å². The fourth-order valence-electron chi connectivity index (χ4n) is 2.58. The lowest BCUT2D eigenvalue weighted by Gasteiger charge is -2.17. The molecule has 0 saturated carbocycles. The highest BCUT2D eigenvalue weighted by molar-refractivity contribution is 7.99. The third kappa shape index (κ3) is 3.77. The van der Waals surface area contributed by atoms with Gasteiger partial charge in [0.2, 0.25) is 0 Å². The van der Waals surface area contributed by atoms with E-state index in [-0.39, 0.29) is 16.7 Å². The van der Waals surface area contributed by atoms with Gasteiger partial charge in [0.25, 0.3) is 0 Å². The van der Waals surface area contributed by atoms with E-state index in [1.54, 1.807) is 17.8 Å². The third-order valence-electron chi connectivity index (χ3n) is 3.86. The van der Waals surface area contributed by atoms with Crippen LogP contribution < -0.4 is 5.63 Å². The minimum absolute atomic E-state index is 0.0242. The topological polar surface area (TPSA) is 47.3 Å².